The molecule has 1 aliphatic heterocycles. The van der Waals surface area contributed by atoms with E-state index in [-0.39, 0.29) is 43.9 Å². The van der Waals surface area contributed by atoms with E-state index >= 15 is 8.78 Å². The number of fused-ring (bicyclic) bond motifs is 8. The van der Waals surface area contributed by atoms with E-state index in [1.807, 2.05) is 18.2 Å². The topological polar surface area (TPSA) is 176 Å². The van der Waals surface area contributed by atoms with Crippen molar-refractivity contribution in [3.05, 3.63) is 95.9 Å². The molecule has 4 N–H and O–H groups in total. The number of hydrogen-bond acceptors (Lipinski definition) is 11. The van der Waals surface area contributed by atoms with Crippen molar-refractivity contribution in [2.24, 2.45) is 28.4 Å². The Morgan fingerprint density at radius 3 is 2.53 bits per heavy atom. The summed E-state index contributed by atoms with van der Waals surface area (Å²) in [6.07, 6.45) is 1.36. The number of pyridine rings is 1. The Hall–Kier alpha value is -4.89. The highest BCUT2D eigenvalue weighted by molar-refractivity contribution is 6.01. The van der Waals surface area contributed by atoms with E-state index in [1.165, 1.54) is 19.1 Å². The van der Waals surface area contributed by atoms with Gasteiger partial charge in [-0.2, -0.15) is 0 Å². The Labute approximate surface area is 334 Å². The normalized spacial score (nSPS) is 34.9. The number of nitrogens with two attached hydrogens (primary N) is 1. The number of allylic oxidation sites excluding steroid dienone is 4. The molecule has 3 saturated carbocycles. The number of nitrogens with one attached hydrogen (secondary N) is 1. The van der Waals surface area contributed by atoms with Crippen LogP contribution in [0.4, 0.5) is 19.3 Å². The van der Waals surface area contributed by atoms with Crippen LogP contribution in [0.25, 0.3) is 10.8 Å². The zero-order chi connectivity index (χ0) is 41.4. The Kier molecular flexibility index (Phi) is 9.73. The molecule has 58 heavy (non-hydrogen) atoms. The van der Waals surface area contributed by atoms with Gasteiger partial charge in [-0.1, -0.05) is 43.3 Å². The molecular weight excluding hydrogens is 752 g/mol. The first-order valence-corrected chi connectivity index (χ1v) is 19.6. The highest BCUT2D eigenvalue weighted by Gasteiger charge is 2.80. The predicted octanol–water partition coefficient (Wildman–Crippen LogP) is 5.96. The van der Waals surface area contributed by atoms with Gasteiger partial charge in [-0.25, -0.2) is 13.6 Å². The van der Waals surface area contributed by atoms with E-state index in [1.54, 1.807) is 63.5 Å². The van der Waals surface area contributed by atoms with Crippen molar-refractivity contribution < 1.29 is 52.0 Å². The number of aromatic nitrogens is 1. The number of benzene rings is 2. The number of nitrogens with zero attached hydrogens (tertiary/aromatic N) is 1. The molecule has 4 fully saturated rings. The molecule has 2 aromatic carbocycles. The van der Waals surface area contributed by atoms with Crippen LogP contribution in [0.15, 0.2) is 84.7 Å². The lowest BCUT2D eigenvalue weighted by atomic mass is 9.44. The van der Waals surface area contributed by atoms with Crippen LogP contribution in [0.5, 0.6) is 0 Å². The number of aliphatic hydroxyl groups excluding tert-OH is 1. The Morgan fingerprint density at radius 2 is 1.79 bits per heavy atom. The molecule has 3 aromatic rings. The maximum Gasteiger partial charge on any atom is 0.509 e. The fourth-order valence-corrected chi connectivity index (χ4v) is 10.8. The molecule has 0 radical (unpaired) electrons. The van der Waals surface area contributed by atoms with Crippen molar-refractivity contribution in [2.45, 2.75) is 94.9 Å². The molecular formula is C44H47F2N3O9. The van der Waals surface area contributed by atoms with Gasteiger partial charge in [0.05, 0.1) is 18.1 Å². The first-order chi connectivity index (χ1) is 27.5. The van der Waals surface area contributed by atoms with E-state index in [0.29, 0.717) is 16.8 Å². The number of halogens is 2. The molecule has 0 unspecified atom stereocenters. The molecule has 10 atom stereocenters. The van der Waals surface area contributed by atoms with Crippen LogP contribution in [-0.4, -0.2) is 82.3 Å². The zero-order valence-corrected chi connectivity index (χ0v) is 32.7. The van der Waals surface area contributed by atoms with Crippen LogP contribution in [0, 0.1) is 22.7 Å². The van der Waals surface area contributed by atoms with Gasteiger partial charge in [0.1, 0.15) is 12.8 Å². The summed E-state index contributed by atoms with van der Waals surface area (Å²) >= 11 is 0. The summed E-state index contributed by atoms with van der Waals surface area (Å²) < 4.78 is 57.0. The van der Waals surface area contributed by atoms with Gasteiger partial charge in [-0.05, 0) is 98.4 Å². The number of ketones is 2. The molecule has 1 amide bonds. The van der Waals surface area contributed by atoms with Crippen LogP contribution in [-0.2, 0) is 39.9 Å². The number of carbonyl (C=O) groups excluding carboxylic acids is 4. The van der Waals surface area contributed by atoms with Gasteiger partial charge in [-0.15, -0.1) is 0 Å². The Bertz CT molecular complexity index is 2250. The largest absolute Gasteiger partial charge is 0.509 e. The monoisotopic (exact) mass is 799 g/mol. The molecule has 14 heteroatoms. The summed E-state index contributed by atoms with van der Waals surface area (Å²) in [4.78, 5) is 56.8. The SMILES string of the molecule is CC1(C)O[C@@H]2C[C@H]3[C@@H]4C[C@H](F)C5=CC(=O)C=C[C@]5(C)[C@@]4(F)[C@@H](O)C[C@]3(C)[C@]2(C(=O)COC(=O)OCc2ccc([C@@H](CN)C(=O)Nc3ccc4cnccc4c3)cc2)O1. The predicted molar refractivity (Wildman–Crippen MR) is 207 cm³/mol. The van der Waals surface area contributed by atoms with Crippen LogP contribution in [0.2, 0.25) is 0 Å². The quantitative estimate of drug-likeness (QED) is 0.218. The Balaban J connectivity index is 0.926. The van der Waals surface area contributed by atoms with Crippen LogP contribution in [0.1, 0.15) is 64.0 Å². The summed E-state index contributed by atoms with van der Waals surface area (Å²) in [6.45, 7) is 5.61. The minimum absolute atomic E-state index is 0.000243. The lowest BCUT2D eigenvalue weighted by Crippen LogP contribution is -2.71. The summed E-state index contributed by atoms with van der Waals surface area (Å²) in [5, 5.41) is 16.6. The minimum Gasteiger partial charge on any atom is -0.429 e. The fourth-order valence-electron chi connectivity index (χ4n) is 10.8. The number of hydrogen-bond donors (Lipinski definition) is 3. The molecule has 5 aliphatic rings. The average Bonchev–Trinajstić information content (AvgIpc) is 3.60. The third-order valence-electron chi connectivity index (χ3n) is 13.6. The fraction of sp³-hybridized carbons (Fsp3) is 0.477. The molecule has 0 spiro atoms. The lowest BCUT2D eigenvalue weighted by Gasteiger charge is -2.63. The summed E-state index contributed by atoms with van der Waals surface area (Å²) in [5.74, 6) is -5.02. The smallest absolute Gasteiger partial charge is 0.429 e. The minimum atomic E-state index is -2.35. The number of amides is 1. The van der Waals surface area contributed by atoms with Gasteiger partial charge in [0, 0.05) is 46.8 Å². The number of carbonyl (C=O) groups is 4. The molecule has 2 heterocycles. The maximum absolute atomic E-state index is 17.7. The molecule has 4 aliphatic carbocycles. The number of aliphatic hydroxyl groups is 1. The third-order valence-corrected chi connectivity index (χ3v) is 13.6. The van der Waals surface area contributed by atoms with Crippen molar-refractivity contribution >= 4 is 40.1 Å². The van der Waals surface area contributed by atoms with Crippen molar-refractivity contribution in [1.29, 1.82) is 0 Å². The van der Waals surface area contributed by atoms with E-state index in [4.69, 9.17) is 24.7 Å². The molecule has 12 nitrogen and oxygen atoms in total. The number of rotatable bonds is 9. The van der Waals surface area contributed by atoms with Crippen molar-refractivity contribution in [3.63, 3.8) is 0 Å². The van der Waals surface area contributed by atoms with Crippen LogP contribution < -0.4 is 11.1 Å². The van der Waals surface area contributed by atoms with Crippen molar-refractivity contribution in [3.8, 4) is 0 Å². The second kappa shape index (κ2) is 14.1. The van der Waals surface area contributed by atoms with Crippen LogP contribution in [0.3, 0.4) is 0 Å². The van der Waals surface area contributed by atoms with E-state index < -0.39 is 88.3 Å². The highest BCUT2D eigenvalue weighted by atomic mass is 19.1. The van der Waals surface area contributed by atoms with E-state index in [9.17, 15) is 24.3 Å². The molecule has 0 bridgehead atoms. The Morgan fingerprint density at radius 1 is 1.03 bits per heavy atom. The van der Waals surface area contributed by atoms with Gasteiger partial charge < -0.3 is 35.1 Å². The second-order valence-electron chi connectivity index (χ2n) is 17.1. The number of alkyl halides is 2. The van der Waals surface area contributed by atoms with E-state index in [2.05, 4.69) is 10.3 Å². The van der Waals surface area contributed by atoms with Gasteiger partial charge in [0.2, 0.25) is 11.7 Å². The lowest BCUT2D eigenvalue weighted by molar-refractivity contribution is -0.249. The highest BCUT2D eigenvalue weighted by Crippen LogP contribution is 2.72. The molecule has 8 rings (SSSR count). The van der Waals surface area contributed by atoms with E-state index in [0.717, 1.165) is 16.8 Å². The standard InChI is InChI=1S/C44H47F2N3O9/c1-40(2)57-37-18-31-32-17-34(45)33-16-29(50)11-13-41(33,3)43(32,46)35(51)19-42(31,4)44(37,58-40)36(52)23-56-39(54)55-22-24-5-7-25(8-6-24)30(20-47)38(53)49-28-10-9-27-21-48-14-12-26(27)15-28/h5-16,21,30-32,34-35,37,51H,17-20,22-23,47H2,1-4H3,(H,49,53)/t30-,31+,32+,34+,35+,37-,41+,42+,43+,44-/m1/s1. The van der Waals surface area contributed by atoms with Crippen molar-refractivity contribution in [2.75, 3.05) is 18.5 Å². The maximum atomic E-state index is 17.7. The first kappa shape index (κ1) is 39.9. The first-order valence-electron chi connectivity index (χ1n) is 19.6. The summed E-state index contributed by atoms with van der Waals surface area (Å²) in [7, 11) is 0. The molecule has 1 aromatic heterocycles. The van der Waals surface area contributed by atoms with Gasteiger partial charge in [0.15, 0.2) is 29.4 Å². The van der Waals surface area contributed by atoms with Gasteiger partial charge >= 0.3 is 6.16 Å². The summed E-state index contributed by atoms with van der Waals surface area (Å²) in [5.41, 5.74) is 0.897. The molecule has 1 saturated heterocycles. The van der Waals surface area contributed by atoms with Gasteiger partial charge in [0.25, 0.3) is 0 Å². The van der Waals surface area contributed by atoms with Gasteiger partial charge in [-0.3, -0.25) is 19.4 Å². The second-order valence-corrected chi connectivity index (χ2v) is 17.1. The average molecular weight is 800 g/mol. The van der Waals surface area contributed by atoms with Crippen molar-refractivity contribution in [1.82, 2.24) is 4.98 Å². The van der Waals surface area contributed by atoms with Crippen LogP contribution >= 0.6 is 0 Å². The number of anilines is 1. The summed E-state index contributed by atoms with van der Waals surface area (Å²) in [6, 6.07) is 14.2. The zero-order valence-electron chi connectivity index (χ0n) is 32.7. The number of ether oxygens (including phenoxy) is 4. The molecule has 306 valence electrons. The number of Topliss-reactive ketones (excluding diaryl/α,β-unsaturated/α-hetero) is 1. The third kappa shape index (κ3) is 6.09.